The van der Waals surface area contributed by atoms with Gasteiger partial charge in [-0.15, -0.1) is 0 Å². The van der Waals surface area contributed by atoms with E-state index in [1.165, 1.54) is 0 Å². The van der Waals surface area contributed by atoms with Crippen LogP contribution in [0.2, 0.25) is 0 Å². The minimum absolute atomic E-state index is 0.0693. The molecule has 5 nitrogen and oxygen atoms in total. The SMILES string of the molecule is CCC(OC)C(NC)c1c(OC)cnn1C(C)C. The summed E-state index contributed by atoms with van der Waals surface area (Å²) in [6.45, 7) is 6.33. The number of nitrogens with one attached hydrogen (secondary N) is 1. The molecule has 0 fully saturated rings. The maximum Gasteiger partial charge on any atom is 0.161 e. The Morgan fingerprint density at radius 3 is 2.44 bits per heavy atom. The third-order valence-corrected chi connectivity index (χ3v) is 3.19. The van der Waals surface area contributed by atoms with Crippen molar-refractivity contribution < 1.29 is 9.47 Å². The van der Waals surface area contributed by atoms with Crippen molar-refractivity contribution in [1.29, 1.82) is 0 Å². The fraction of sp³-hybridized carbons (Fsp3) is 0.769. The Morgan fingerprint density at radius 2 is 2.06 bits per heavy atom. The number of methoxy groups -OCH3 is 2. The Labute approximate surface area is 109 Å². The maximum atomic E-state index is 5.55. The van der Waals surface area contributed by atoms with Gasteiger partial charge < -0.3 is 14.8 Å². The van der Waals surface area contributed by atoms with E-state index in [2.05, 4.69) is 31.2 Å². The first-order chi connectivity index (χ1) is 8.60. The van der Waals surface area contributed by atoms with Crippen molar-refractivity contribution in [2.24, 2.45) is 0 Å². The molecule has 0 bridgehead atoms. The van der Waals surface area contributed by atoms with Crippen LogP contribution in [-0.2, 0) is 4.74 Å². The number of aromatic nitrogens is 2. The third kappa shape index (κ3) is 2.84. The van der Waals surface area contributed by atoms with Crippen molar-refractivity contribution in [3.63, 3.8) is 0 Å². The van der Waals surface area contributed by atoms with Crippen LogP contribution in [0, 0.1) is 0 Å². The first kappa shape index (κ1) is 15.0. The summed E-state index contributed by atoms with van der Waals surface area (Å²) >= 11 is 0. The lowest BCUT2D eigenvalue weighted by Crippen LogP contribution is -2.33. The molecule has 1 rings (SSSR count). The zero-order chi connectivity index (χ0) is 13.7. The van der Waals surface area contributed by atoms with Crippen LogP contribution in [0.25, 0.3) is 0 Å². The highest BCUT2D eigenvalue weighted by molar-refractivity contribution is 5.29. The van der Waals surface area contributed by atoms with Crippen molar-refractivity contribution >= 4 is 0 Å². The summed E-state index contributed by atoms with van der Waals surface area (Å²) in [5.41, 5.74) is 1.05. The van der Waals surface area contributed by atoms with Gasteiger partial charge in [0, 0.05) is 13.2 Å². The molecule has 0 aliphatic heterocycles. The molecule has 0 saturated heterocycles. The Morgan fingerprint density at radius 1 is 1.39 bits per heavy atom. The molecule has 5 heteroatoms. The highest BCUT2D eigenvalue weighted by atomic mass is 16.5. The van der Waals surface area contributed by atoms with Gasteiger partial charge in [-0.3, -0.25) is 4.68 Å². The van der Waals surface area contributed by atoms with E-state index < -0.39 is 0 Å². The lowest BCUT2D eigenvalue weighted by molar-refractivity contribution is 0.0635. The van der Waals surface area contributed by atoms with Gasteiger partial charge in [0.1, 0.15) is 5.69 Å². The number of ether oxygens (including phenoxy) is 2. The summed E-state index contributed by atoms with van der Waals surface area (Å²) in [6, 6.07) is 0.356. The van der Waals surface area contributed by atoms with Crippen LogP contribution in [0.5, 0.6) is 5.75 Å². The molecule has 2 unspecified atom stereocenters. The summed E-state index contributed by atoms with van der Waals surface area (Å²) in [5, 5.41) is 7.71. The van der Waals surface area contributed by atoms with Crippen LogP contribution in [0.1, 0.15) is 45.0 Å². The molecule has 1 aromatic rings. The molecule has 0 saturated carbocycles. The molecule has 1 heterocycles. The smallest absolute Gasteiger partial charge is 0.161 e. The summed E-state index contributed by atoms with van der Waals surface area (Å²) in [6.07, 6.45) is 2.79. The second-order valence-electron chi connectivity index (χ2n) is 4.59. The quantitative estimate of drug-likeness (QED) is 0.811. The van der Waals surface area contributed by atoms with Gasteiger partial charge in [0.25, 0.3) is 0 Å². The highest BCUT2D eigenvalue weighted by Crippen LogP contribution is 2.31. The molecule has 0 spiro atoms. The van der Waals surface area contributed by atoms with Crippen molar-refractivity contribution in [2.75, 3.05) is 21.3 Å². The molecule has 2 atom stereocenters. The minimum atomic E-state index is 0.0693. The topological polar surface area (TPSA) is 48.3 Å². The van der Waals surface area contributed by atoms with Crippen LogP contribution >= 0.6 is 0 Å². The van der Waals surface area contributed by atoms with Crippen LogP contribution in [0.15, 0.2) is 6.20 Å². The van der Waals surface area contributed by atoms with Crippen molar-refractivity contribution in [1.82, 2.24) is 15.1 Å². The molecule has 1 aromatic heterocycles. The zero-order valence-corrected chi connectivity index (χ0v) is 12.2. The second-order valence-corrected chi connectivity index (χ2v) is 4.59. The largest absolute Gasteiger partial charge is 0.493 e. The zero-order valence-electron chi connectivity index (χ0n) is 12.2. The first-order valence-electron chi connectivity index (χ1n) is 6.42. The first-order valence-corrected chi connectivity index (χ1v) is 6.42. The van der Waals surface area contributed by atoms with Gasteiger partial charge in [0.2, 0.25) is 0 Å². The minimum Gasteiger partial charge on any atom is -0.493 e. The van der Waals surface area contributed by atoms with E-state index in [9.17, 15) is 0 Å². The monoisotopic (exact) mass is 255 g/mol. The Kier molecular flexibility index (Phi) is 5.62. The van der Waals surface area contributed by atoms with Crippen molar-refractivity contribution in [2.45, 2.75) is 45.4 Å². The van der Waals surface area contributed by atoms with E-state index in [0.29, 0.717) is 0 Å². The third-order valence-electron chi connectivity index (χ3n) is 3.19. The predicted octanol–water partition coefficient (Wildman–Crippen LogP) is 2.16. The number of hydrogen-bond donors (Lipinski definition) is 1. The maximum absolute atomic E-state index is 5.55. The van der Waals surface area contributed by atoms with Gasteiger partial charge in [0.15, 0.2) is 5.75 Å². The molecule has 18 heavy (non-hydrogen) atoms. The second kappa shape index (κ2) is 6.75. The summed E-state index contributed by atoms with van der Waals surface area (Å²) in [4.78, 5) is 0. The van der Waals surface area contributed by atoms with Crippen LogP contribution in [0.4, 0.5) is 0 Å². The van der Waals surface area contributed by atoms with E-state index in [0.717, 1.165) is 17.9 Å². The standard InChI is InChI=1S/C13H25N3O2/c1-7-10(17-5)12(14-4)13-11(18-6)8-15-16(13)9(2)3/h8-10,12,14H,7H2,1-6H3. The van der Waals surface area contributed by atoms with Gasteiger partial charge in [-0.25, -0.2) is 0 Å². The highest BCUT2D eigenvalue weighted by Gasteiger charge is 2.28. The summed E-state index contributed by atoms with van der Waals surface area (Å²) in [5.74, 6) is 0.804. The number of rotatable bonds is 7. The van der Waals surface area contributed by atoms with Crippen LogP contribution in [-0.4, -0.2) is 37.2 Å². The molecular weight excluding hydrogens is 230 g/mol. The van der Waals surface area contributed by atoms with Gasteiger partial charge in [-0.2, -0.15) is 5.10 Å². The van der Waals surface area contributed by atoms with E-state index in [1.807, 2.05) is 11.7 Å². The van der Waals surface area contributed by atoms with Crippen LogP contribution < -0.4 is 10.1 Å². The fourth-order valence-electron chi connectivity index (χ4n) is 2.26. The van der Waals surface area contributed by atoms with Crippen molar-refractivity contribution in [3.05, 3.63) is 11.9 Å². The summed E-state index contributed by atoms with van der Waals surface area (Å²) in [7, 11) is 5.34. The van der Waals surface area contributed by atoms with Crippen LogP contribution in [0.3, 0.4) is 0 Å². The van der Waals surface area contributed by atoms with E-state index in [4.69, 9.17) is 9.47 Å². The molecule has 0 radical (unpaired) electrons. The van der Waals surface area contributed by atoms with E-state index >= 15 is 0 Å². The lowest BCUT2D eigenvalue weighted by atomic mass is 10.0. The van der Waals surface area contributed by atoms with E-state index in [-0.39, 0.29) is 18.2 Å². The van der Waals surface area contributed by atoms with Gasteiger partial charge in [-0.1, -0.05) is 6.92 Å². The molecule has 1 N–H and O–H groups in total. The molecule has 0 aromatic carbocycles. The Hall–Kier alpha value is -1.07. The lowest BCUT2D eigenvalue weighted by Gasteiger charge is -2.27. The molecular formula is C13H25N3O2. The average Bonchev–Trinajstić information content (AvgIpc) is 2.79. The summed E-state index contributed by atoms with van der Waals surface area (Å²) < 4.78 is 13.0. The molecule has 0 aliphatic rings. The average molecular weight is 255 g/mol. The number of likely N-dealkylation sites (N-methyl/N-ethyl adjacent to an activating group) is 1. The Bertz CT molecular complexity index is 359. The van der Waals surface area contributed by atoms with Gasteiger partial charge in [-0.05, 0) is 27.3 Å². The van der Waals surface area contributed by atoms with Gasteiger partial charge >= 0.3 is 0 Å². The number of hydrogen-bond acceptors (Lipinski definition) is 4. The fourth-order valence-corrected chi connectivity index (χ4v) is 2.26. The molecule has 0 amide bonds. The molecule has 104 valence electrons. The molecule has 0 aliphatic carbocycles. The van der Waals surface area contributed by atoms with Crippen molar-refractivity contribution in [3.8, 4) is 5.75 Å². The van der Waals surface area contributed by atoms with Gasteiger partial charge in [0.05, 0.1) is 25.5 Å². The number of nitrogens with zero attached hydrogens (tertiary/aromatic N) is 2. The Balaban J connectivity index is 3.21. The predicted molar refractivity (Wildman–Crippen MR) is 72.1 cm³/mol. The van der Waals surface area contributed by atoms with E-state index in [1.54, 1.807) is 20.4 Å². The normalized spacial score (nSPS) is 14.8.